The van der Waals surface area contributed by atoms with E-state index in [1.54, 1.807) is 5.56 Å². The number of hydrogen-bond donors (Lipinski definition) is 0. The van der Waals surface area contributed by atoms with Crippen molar-refractivity contribution >= 4 is 0 Å². The van der Waals surface area contributed by atoms with E-state index in [0.29, 0.717) is 5.92 Å². The van der Waals surface area contributed by atoms with Crippen molar-refractivity contribution in [2.24, 2.45) is 5.92 Å². The molecule has 0 aromatic heterocycles. The first-order chi connectivity index (χ1) is 6.68. The van der Waals surface area contributed by atoms with Gasteiger partial charge in [0.1, 0.15) is 0 Å². The van der Waals surface area contributed by atoms with Crippen molar-refractivity contribution in [1.29, 1.82) is 0 Å². The van der Waals surface area contributed by atoms with Crippen LogP contribution in [0, 0.1) is 5.92 Å². The highest BCUT2D eigenvalue weighted by molar-refractivity contribution is 5.29. The third-order valence-corrected chi connectivity index (χ3v) is 3.51. The highest BCUT2D eigenvalue weighted by atomic mass is 14.3. The molecule has 0 saturated heterocycles. The molecule has 0 nitrogen and oxygen atoms in total. The average Bonchev–Trinajstić information content (AvgIpc) is 3.00. The minimum Gasteiger partial charge on any atom is -0.0622 e. The van der Waals surface area contributed by atoms with Crippen molar-refractivity contribution in [2.45, 2.75) is 45.4 Å². The van der Waals surface area contributed by atoms with E-state index in [4.69, 9.17) is 0 Å². The van der Waals surface area contributed by atoms with Crippen LogP contribution in [0.1, 0.15) is 56.6 Å². The van der Waals surface area contributed by atoms with Crippen molar-refractivity contribution in [3.05, 3.63) is 35.4 Å². The van der Waals surface area contributed by atoms with Crippen molar-refractivity contribution in [3.8, 4) is 0 Å². The molecule has 1 atom stereocenters. The summed E-state index contributed by atoms with van der Waals surface area (Å²) >= 11 is 0. The summed E-state index contributed by atoms with van der Waals surface area (Å²) in [5, 5.41) is 0. The van der Waals surface area contributed by atoms with Gasteiger partial charge in [-0.15, -0.1) is 0 Å². The number of benzene rings is 1. The van der Waals surface area contributed by atoms with Gasteiger partial charge in [-0.3, -0.25) is 0 Å². The van der Waals surface area contributed by atoms with E-state index < -0.39 is 0 Å². The van der Waals surface area contributed by atoms with E-state index in [2.05, 4.69) is 45.0 Å². The predicted molar refractivity (Wildman–Crippen MR) is 61.7 cm³/mol. The van der Waals surface area contributed by atoms with Gasteiger partial charge in [-0.25, -0.2) is 0 Å². The molecular weight excluding hydrogens is 168 g/mol. The van der Waals surface area contributed by atoms with Gasteiger partial charge >= 0.3 is 0 Å². The summed E-state index contributed by atoms with van der Waals surface area (Å²) in [6.07, 6.45) is 2.80. The fraction of sp³-hybridized carbons (Fsp3) is 0.571. The standard InChI is InChI=1S/C14H20/c1-10(2)11(3)12-4-6-13(7-5-12)14-8-9-14/h4-7,10-11,14H,8-9H2,1-3H3/t11-/m0/s1. The first kappa shape index (κ1) is 9.76. The van der Waals surface area contributed by atoms with Crippen LogP contribution in [0.25, 0.3) is 0 Å². The minimum atomic E-state index is 0.684. The van der Waals surface area contributed by atoms with Gasteiger partial charge in [0, 0.05) is 0 Å². The second-order valence-electron chi connectivity index (χ2n) is 4.97. The number of rotatable bonds is 3. The van der Waals surface area contributed by atoms with E-state index in [9.17, 15) is 0 Å². The topological polar surface area (TPSA) is 0 Å². The van der Waals surface area contributed by atoms with Crippen LogP contribution < -0.4 is 0 Å². The Balaban J connectivity index is 2.12. The summed E-state index contributed by atoms with van der Waals surface area (Å²) in [6, 6.07) is 9.29. The van der Waals surface area contributed by atoms with Crippen LogP contribution in [-0.4, -0.2) is 0 Å². The van der Waals surface area contributed by atoms with Crippen LogP contribution in [0.4, 0.5) is 0 Å². The maximum Gasteiger partial charge on any atom is -0.0162 e. The Bertz CT molecular complexity index is 290. The van der Waals surface area contributed by atoms with Gasteiger partial charge in [-0.2, -0.15) is 0 Å². The Morgan fingerprint density at radius 1 is 1.00 bits per heavy atom. The molecule has 0 spiro atoms. The van der Waals surface area contributed by atoms with Crippen molar-refractivity contribution in [3.63, 3.8) is 0 Å². The van der Waals surface area contributed by atoms with Crippen LogP contribution in [0.3, 0.4) is 0 Å². The molecule has 1 aliphatic rings. The van der Waals surface area contributed by atoms with Gasteiger partial charge in [0.2, 0.25) is 0 Å². The van der Waals surface area contributed by atoms with E-state index in [0.717, 1.165) is 11.8 Å². The molecule has 76 valence electrons. The van der Waals surface area contributed by atoms with Gasteiger partial charge in [0.25, 0.3) is 0 Å². The zero-order chi connectivity index (χ0) is 10.1. The molecule has 1 aliphatic carbocycles. The summed E-state index contributed by atoms with van der Waals surface area (Å²) in [7, 11) is 0. The van der Waals surface area contributed by atoms with Crippen molar-refractivity contribution < 1.29 is 0 Å². The molecule has 1 saturated carbocycles. The molecule has 1 aromatic carbocycles. The maximum absolute atomic E-state index is 2.33. The zero-order valence-electron chi connectivity index (χ0n) is 9.46. The fourth-order valence-electron chi connectivity index (χ4n) is 1.87. The Kier molecular flexibility index (Phi) is 2.62. The molecule has 0 N–H and O–H groups in total. The summed E-state index contributed by atoms with van der Waals surface area (Å²) in [4.78, 5) is 0. The summed E-state index contributed by atoms with van der Waals surface area (Å²) in [6.45, 7) is 6.90. The average molecular weight is 188 g/mol. The summed E-state index contributed by atoms with van der Waals surface area (Å²) in [5.74, 6) is 2.31. The van der Waals surface area contributed by atoms with Gasteiger partial charge in [0.15, 0.2) is 0 Å². The molecule has 0 unspecified atom stereocenters. The molecule has 0 bridgehead atoms. The molecule has 0 aliphatic heterocycles. The summed E-state index contributed by atoms with van der Waals surface area (Å²) in [5.41, 5.74) is 3.04. The normalized spacial score (nSPS) is 18.6. The lowest BCUT2D eigenvalue weighted by atomic mass is 9.89. The quantitative estimate of drug-likeness (QED) is 0.662. The molecule has 14 heavy (non-hydrogen) atoms. The molecule has 1 fully saturated rings. The molecule has 0 heterocycles. The van der Waals surface area contributed by atoms with Crippen LogP contribution in [0.2, 0.25) is 0 Å². The van der Waals surface area contributed by atoms with Gasteiger partial charge in [-0.1, -0.05) is 45.0 Å². The second kappa shape index (κ2) is 3.76. The number of hydrogen-bond acceptors (Lipinski definition) is 0. The lowest BCUT2D eigenvalue weighted by molar-refractivity contribution is 0.535. The Morgan fingerprint density at radius 2 is 1.57 bits per heavy atom. The van der Waals surface area contributed by atoms with E-state index in [1.807, 2.05) is 0 Å². The Hall–Kier alpha value is -0.780. The van der Waals surface area contributed by atoms with E-state index >= 15 is 0 Å². The van der Waals surface area contributed by atoms with Crippen molar-refractivity contribution in [2.75, 3.05) is 0 Å². The third kappa shape index (κ3) is 2.00. The Morgan fingerprint density at radius 3 is 2.00 bits per heavy atom. The second-order valence-corrected chi connectivity index (χ2v) is 4.97. The van der Waals surface area contributed by atoms with E-state index in [1.165, 1.54) is 18.4 Å². The molecule has 1 aromatic rings. The zero-order valence-corrected chi connectivity index (χ0v) is 9.46. The van der Waals surface area contributed by atoms with E-state index in [-0.39, 0.29) is 0 Å². The first-order valence-electron chi connectivity index (χ1n) is 5.78. The smallest absolute Gasteiger partial charge is 0.0162 e. The molecule has 2 rings (SSSR count). The predicted octanol–water partition coefficient (Wildman–Crippen LogP) is 4.32. The fourth-order valence-corrected chi connectivity index (χ4v) is 1.87. The van der Waals surface area contributed by atoms with Crippen molar-refractivity contribution in [1.82, 2.24) is 0 Å². The van der Waals surface area contributed by atoms with Gasteiger partial charge in [0.05, 0.1) is 0 Å². The van der Waals surface area contributed by atoms with Crippen LogP contribution >= 0.6 is 0 Å². The Labute approximate surface area is 87.3 Å². The third-order valence-electron chi connectivity index (χ3n) is 3.51. The molecule has 0 amide bonds. The highest BCUT2D eigenvalue weighted by Crippen LogP contribution is 2.40. The minimum absolute atomic E-state index is 0.684. The van der Waals surface area contributed by atoms with Crippen LogP contribution in [-0.2, 0) is 0 Å². The SMILES string of the molecule is CC(C)[C@H](C)c1ccc(C2CC2)cc1. The first-order valence-corrected chi connectivity index (χ1v) is 5.78. The van der Waals surface area contributed by atoms with Gasteiger partial charge < -0.3 is 0 Å². The molecule has 0 radical (unpaired) electrons. The largest absolute Gasteiger partial charge is 0.0622 e. The monoisotopic (exact) mass is 188 g/mol. The lowest BCUT2D eigenvalue weighted by Gasteiger charge is -2.16. The van der Waals surface area contributed by atoms with Crippen LogP contribution in [0.5, 0.6) is 0 Å². The lowest BCUT2D eigenvalue weighted by Crippen LogP contribution is -2.01. The van der Waals surface area contributed by atoms with Gasteiger partial charge in [-0.05, 0) is 41.7 Å². The maximum atomic E-state index is 2.33. The molecule has 0 heteroatoms. The summed E-state index contributed by atoms with van der Waals surface area (Å²) < 4.78 is 0. The van der Waals surface area contributed by atoms with Crippen LogP contribution in [0.15, 0.2) is 24.3 Å². The highest BCUT2D eigenvalue weighted by Gasteiger charge is 2.23. The molecular formula is C14H20.